The van der Waals surface area contributed by atoms with Gasteiger partial charge in [-0.3, -0.25) is 4.84 Å². The molecule has 1 unspecified atom stereocenters. The van der Waals surface area contributed by atoms with Gasteiger partial charge < -0.3 is 9.47 Å². The second-order valence-electron chi connectivity index (χ2n) is 13.4. The number of ether oxygens (including phenoxy) is 2. The molecule has 1 atom stereocenters. The van der Waals surface area contributed by atoms with Crippen LogP contribution in [0.15, 0.2) is 0 Å². The highest BCUT2D eigenvalue weighted by Gasteiger charge is 2.49. The monoisotopic (exact) mass is 499 g/mol. The molecule has 7 heteroatoms. The van der Waals surface area contributed by atoms with Gasteiger partial charge in [-0.05, 0) is 101 Å². The minimum atomic E-state index is -0.119. The van der Waals surface area contributed by atoms with Gasteiger partial charge in [-0.25, -0.2) is 4.94 Å². The largest absolute Gasteiger partial charge is 0.378 e. The van der Waals surface area contributed by atoms with Crippen molar-refractivity contribution in [1.29, 1.82) is 0 Å². The van der Waals surface area contributed by atoms with Crippen LogP contribution in [0.4, 0.5) is 0 Å². The molecule has 2 heterocycles. The van der Waals surface area contributed by atoms with Crippen LogP contribution in [0.2, 0.25) is 0 Å². The molecule has 7 nitrogen and oxygen atoms in total. The number of piperidine rings is 2. The number of hydrogen-bond acceptors (Lipinski definition) is 7. The van der Waals surface area contributed by atoms with E-state index >= 15 is 0 Å². The summed E-state index contributed by atoms with van der Waals surface area (Å²) in [6, 6.07) is 0. The summed E-state index contributed by atoms with van der Waals surface area (Å²) in [5.41, 5.74) is -0.412. The Hall–Kier alpha value is -0.280. The Morgan fingerprint density at radius 2 is 1.17 bits per heavy atom. The van der Waals surface area contributed by atoms with Crippen LogP contribution in [-0.2, 0) is 19.2 Å². The summed E-state index contributed by atoms with van der Waals surface area (Å²) in [6.45, 7) is 26.7. The van der Waals surface area contributed by atoms with Crippen molar-refractivity contribution in [3.63, 3.8) is 0 Å². The third-order valence-corrected chi connectivity index (χ3v) is 7.51. The molecule has 0 amide bonds. The van der Waals surface area contributed by atoms with Crippen LogP contribution in [0, 0.1) is 0 Å². The molecule has 2 aliphatic rings. The summed E-state index contributed by atoms with van der Waals surface area (Å²) in [6.07, 6.45) is 6.56. The highest BCUT2D eigenvalue weighted by atomic mass is 16.8. The van der Waals surface area contributed by atoms with E-state index in [1.54, 1.807) is 0 Å². The molecule has 0 N–H and O–H groups in total. The van der Waals surface area contributed by atoms with Gasteiger partial charge >= 0.3 is 0 Å². The summed E-state index contributed by atoms with van der Waals surface area (Å²) >= 11 is 0. The zero-order valence-corrected chi connectivity index (χ0v) is 25.1. The summed E-state index contributed by atoms with van der Waals surface area (Å²) < 4.78 is 12.5. The summed E-state index contributed by atoms with van der Waals surface area (Å²) in [7, 11) is 2.01. The molecule has 0 aromatic heterocycles. The maximum atomic E-state index is 6.42. The first kappa shape index (κ1) is 30.9. The maximum absolute atomic E-state index is 6.42. The van der Waals surface area contributed by atoms with Gasteiger partial charge in [-0.15, -0.1) is 0 Å². The van der Waals surface area contributed by atoms with Crippen molar-refractivity contribution in [2.45, 2.75) is 155 Å². The zero-order valence-electron chi connectivity index (χ0n) is 25.1. The van der Waals surface area contributed by atoms with Gasteiger partial charge in [0.1, 0.15) is 0 Å². The quantitative estimate of drug-likeness (QED) is 0.306. The van der Waals surface area contributed by atoms with Gasteiger partial charge in [0, 0.05) is 42.4 Å². The number of likely N-dealkylation sites (N-methyl/N-ethyl adjacent to an activating group) is 1. The van der Waals surface area contributed by atoms with Crippen molar-refractivity contribution in [2.24, 2.45) is 0 Å². The molecule has 0 aliphatic carbocycles. The van der Waals surface area contributed by atoms with E-state index in [0.717, 1.165) is 45.1 Å². The molecule has 35 heavy (non-hydrogen) atoms. The first-order valence-corrected chi connectivity index (χ1v) is 13.9. The molecule has 2 aliphatic heterocycles. The Balaban J connectivity index is 1.89. The van der Waals surface area contributed by atoms with Crippen molar-refractivity contribution in [3.05, 3.63) is 0 Å². The van der Waals surface area contributed by atoms with Crippen LogP contribution in [0.25, 0.3) is 0 Å². The van der Waals surface area contributed by atoms with E-state index in [-0.39, 0.29) is 40.5 Å². The van der Waals surface area contributed by atoms with E-state index in [1.165, 1.54) is 0 Å². The standard InChI is InChI=1S/C28H57N3O4/c1-13-16-32-23-20-27(8,9)31(28(10,11)21-23)35-29(12)15-17-33-24-18-25(4,5)30(26(6,7)19-24)34-22(3)14-2/h22-24H,13-21H2,1-12H3. The Morgan fingerprint density at radius 3 is 1.60 bits per heavy atom. The highest BCUT2D eigenvalue weighted by molar-refractivity contribution is 4.98. The first-order chi connectivity index (χ1) is 16.0. The van der Waals surface area contributed by atoms with E-state index in [1.807, 2.05) is 12.1 Å². The average Bonchev–Trinajstić information content (AvgIpc) is 2.70. The number of rotatable bonds is 12. The van der Waals surface area contributed by atoms with Crippen LogP contribution >= 0.6 is 0 Å². The normalized spacial score (nSPS) is 26.3. The van der Waals surface area contributed by atoms with Gasteiger partial charge in [0.05, 0.1) is 24.9 Å². The molecular weight excluding hydrogens is 442 g/mol. The van der Waals surface area contributed by atoms with Crippen molar-refractivity contribution >= 4 is 0 Å². The Kier molecular flexibility index (Phi) is 10.7. The number of nitrogens with zero attached hydrogens (tertiary/aromatic N) is 3. The number of hydrogen-bond donors (Lipinski definition) is 0. The van der Waals surface area contributed by atoms with Crippen LogP contribution in [0.5, 0.6) is 0 Å². The predicted molar refractivity (Wildman–Crippen MR) is 143 cm³/mol. The van der Waals surface area contributed by atoms with E-state index in [0.29, 0.717) is 13.2 Å². The average molecular weight is 500 g/mol. The maximum Gasteiger partial charge on any atom is 0.0763 e. The molecule has 208 valence electrons. The lowest BCUT2D eigenvalue weighted by molar-refractivity contribution is -0.394. The Labute approximate surface area is 216 Å². The van der Waals surface area contributed by atoms with Gasteiger partial charge in [-0.2, -0.15) is 15.2 Å². The van der Waals surface area contributed by atoms with Gasteiger partial charge in [0.2, 0.25) is 0 Å². The smallest absolute Gasteiger partial charge is 0.0763 e. The van der Waals surface area contributed by atoms with Gasteiger partial charge in [0.15, 0.2) is 0 Å². The Morgan fingerprint density at radius 1 is 0.743 bits per heavy atom. The minimum Gasteiger partial charge on any atom is -0.378 e. The van der Waals surface area contributed by atoms with Crippen molar-refractivity contribution < 1.29 is 19.2 Å². The minimum absolute atomic E-state index is 0.0868. The van der Waals surface area contributed by atoms with E-state index < -0.39 is 0 Å². The highest BCUT2D eigenvalue weighted by Crippen LogP contribution is 2.41. The Bertz CT molecular complexity index is 616. The summed E-state index contributed by atoms with van der Waals surface area (Å²) in [4.78, 5) is 12.8. The third-order valence-electron chi connectivity index (χ3n) is 7.51. The molecule has 2 saturated heterocycles. The second-order valence-corrected chi connectivity index (χ2v) is 13.4. The molecule has 0 spiro atoms. The fourth-order valence-corrected chi connectivity index (χ4v) is 6.15. The summed E-state index contributed by atoms with van der Waals surface area (Å²) in [5.74, 6) is 0. The second kappa shape index (κ2) is 12.1. The van der Waals surface area contributed by atoms with E-state index in [2.05, 4.69) is 86.3 Å². The third kappa shape index (κ3) is 8.36. The molecular formula is C28H57N3O4. The molecule has 0 radical (unpaired) electrons. The van der Waals surface area contributed by atoms with Crippen LogP contribution in [-0.4, -0.2) is 82.5 Å². The van der Waals surface area contributed by atoms with Crippen molar-refractivity contribution in [2.75, 3.05) is 26.8 Å². The van der Waals surface area contributed by atoms with Crippen LogP contribution in [0.1, 0.15) is 115 Å². The van der Waals surface area contributed by atoms with Crippen molar-refractivity contribution in [1.82, 2.24) is 15.2 Å². The van der Waals surface area contributed by atoms with Gasteiger partial charge in [0.25, 0.3) is 0 Å². The number of hydroxylamine groups is 6. The summed E-state index contributed by atoms with van der Waals surface area (Å²) in [5, 5.41) is 6.32. The fraction of sp³-hybridized carbons (Fsp3) is 1.00. The predicted octanol–water partition coefficient (Wildman–Crippen LogP) is 5.98. The molecule has 2 rings (SSSR count). The zero-order chi connectivity index (χ0) is 26.7. The molecule has 0 aromatic rings. The first-order valence-electron chi connectivity index (χ1n) is 13.9. The molecule has 0 saturated carbocycles. The topological polar surface area (TPSA) is 46.6 Å². The van der Waals surface area contributed by atoms with E-state index in [4.69, 9.17) is 19.2 Å². The van der Waals surface area contributed by atoms with Crippen molar-refractivity contribution in [3.8, 4) is 0 Å². The van der Waals surface area contributed by atoms with E-state index in [9.17, 15) is 0 Å². The van der Waals surface area contributed by atoms with Crippen LogP contribution < -0.4 is 0 Å². The lowest BCUT2D eigenvalue weighted by Gasteiger charge is -2.54. The molecule has 0 aromatic carbocycles. The van der Waals surface area contributed by atoms with Crippen LogP contribution in [0.3, 0.4) is 0 Å². The van der Waals surface area contributed by atoms with Gasteiger partial charge in [-0.1, -0.05) is 13.8 Å². The lowest BCUT2D eigenvalue weighted by atomic mass is 9.80. The molecule has 0 bridgehead atoms. The fourth-order valence-electron chi connectivity index (χ4n) is 6.15. The lowest BCUT2D eigenvalue weighted by Crippen LogP contribution is -2.63. The SMILES string of the molecule is CCCOC1CC(C)(C)N(ON(C)CCOC2CC(C)(C)N(OC(C)CC)C(C)(C)C2)C(C)(C)C1. The molecule has 2 fully saturated rings.